The summed E-state index contributed by atoms with van der Waals surface area (Å²) in [6.07, 6.45) is 0. The predicted molar refractivity (Wildman–Crippen MR) is 94.7 cm³/mol. The molecule has 0 unspecified atom stereocenters. The second-order valence-electron chi connectivity index (χ2n) is 6.28. The van der Waals surface area contributed by atoms with Gasteiger partial charge in [-0.2, -0.15) is 0 Å². The van der Waals surface area contributed by atoms with Crippen LogP contribution in [0.5, 0.6) is 0 Å². The highest BCUT2D eigenvalue weighted by molar-refractivity contribution is 7.92. The smallest absolute Gasteiger partial charge is 0.315 e. The van der Waals surface area contributed by atoms with Crippen LogP contribution in [0, 0.1) is 11.2 Å². The molecule has 1 aliphatic rings. The predicted octanol–water partition coefficient (Wildman–Crippen LogP) is 2.27. The molecule has 138 valence electrons. The standard InChI is InChI=1S/C19H20FNO4S/c1-2-25-18(22)19(12-21)16(13-7-6-8-14(20)11-13)17(19)26(23,24)15-9-4-3-5-10-15/h3-11,16-17H,2,12,21H2,1H3/t16-,17+,19+/m1/s1. The molecule has 5 nitrogen and oxygen atoms in total. The van der Waals surface area contributed by atoms with Gasteiger partial charge in [-0.05, 0) is 36.8 Å². The molecule has 0 heterocycles. The Hall–Kier alpha value is -2.25. The summed E-state index contributed by atoms with van der Waals surface area (Å²) in [5, 5.41) is -1.09. The minimum absolute atomic E-state index is 0.103. The molecule has 0 radical (unpaired) electrons. The number of rotatable bonds is 6. The van der Waals surface area contributed by atoms with Gasteiger partial charge in [-0.15, -0.1) is 0 Å². The topological polar surface area (TPSA) is 86.5 Å². The fourth-order valence-corrected chi connectivity index (χ4v) is 6.03. The minimum atomic E-state index is -3.86. The highest BCUT2D eigenvalue weighted by atomic mass is 32.2. The van der Waals surface area contributed by atoms with Crippen LogP contribution in [0.15, 0.2) is 59.5 Å². The molecule has 1 saturated carbocycles. The molecule has 3 rings (SSSR count). The third-order valence-corrected chi connectivity index (χ3v) is 7.15. The number of benzene rings is 2. The second-order valence-corrected chi connectivity index (χ2v) is 8.35. The van der Waals surface area contributed by atoms with Crippen LogP contribution in [-0.2, 0) is 19.4 Å². The zero-order valence-corrected chi connectivity index (χ0v) is 15.1. The van der Waals surface area contributed by atoms with Gasteiger partial charge in [0.05, 0.1) is 16.8 Å². The number of carbonyl (C=O) groups excluding carboxylic acids is 1. The maximum absolute atomic E-state index is 13.7. The van der Waals surface area contributed by atoms with E-state index in [0.717, 1.165) is 0 Å². The molecule has 1 fully saturated rings. The zero-order chi connectivity index (χ0) is 18.9. The lowest BCUT2D eigenvalue weighted by atomic mass is 9.99. The SMILES string of the molecule is CCOC(=O)[C@@]1(CN)[C@H](c2cccc(F)c2)[C@@H]1S(=O)(=O)c1ccccc1. The van der Waals surface area contributed by atoms with Crippen LogP contribution in [0.25, 0.3) is 0 Å². The normalized spacial score (nSPS) is 24.9. The van der Waals surface area contributed by atoms with Gasteiger partial charge in [-0.1, -0.05) is 30.3 Å². The van der Waals surface area contributed by atoms with E-state index in [4.69, 9.17) is 10.5 Å². The number of esters is 1. The van der Waals surface area contributed by atoms with Gasteiger partial charge in [-0.25, -0.2) is 12.8 Å². The highest BCUT2D eigenvalue weighted by Crippen LogP contribution is 2.64. The maximum atomic E-state index is 13.7. The molecule has 0 amide bonds. The summed E-state index contributed by atoms with van der Waals surface area (Å²) in [4.78, 5) is 12.8. The van der Waals surface area contributed by atoms with E-state index in [1.54, 1.807) is 31.2 Å². The van der Waals surface area contributed by atoms with Crippen LogP contribution < -0.4 is 5.73 Å². The van der Waals surface area contributed by atoms with Crippen LogP contribution in [0.2, 0.25) is 0 Å². The van der Waals surface area contributed by atoms with Gasteiger partial charge < -0.3 is 10.5 Å². The van der Waals surface area contributed by atoms with E-state index in [1.165, 1.54) is 30.3 Å². The van der Waals surface area contributed by atoms with E-state index >= 15 is 0 Å². The lowest BCUT2D eigenvalue weighted by molar-refractivity contribution is -0.149. The maximum Gasteiger partial charge on any atom is 0.315 e. The average Bonchev–Trinajstić information content (AvgIpc) is 3.34. The number of hydrogen-bond acceptors (Lipinski definition) is 5. The van der Waals surface area contributed by atoms with Crippen molar-refractivity contribution >= 4 is 15.8 Å². The molecule has 3 atom stereocenters. The van der Waals surface area contributed by atoms with E-state index < -0.39 is 38.2 Å². The Kier molecular flexibility index (Phi) is 4.86. The van der Waals surface area contributed by atoms with Crippen LogP contribution >= 0.6 is 0 Å². The van der Waals surface area contributed by atoms with Gasteiger partial charge in [0.25, 0.3) is 0 Å². The first-order chi connectivity index (χ1) is 12.4. The quantitative estimate of drug-likeness (QED) is 0.781. The van der Waals surface area contributed by atoms with Crippen LogP contribution in [0.4, 0.5) is 4.39 Å². The van der Waals surface area contributed by atoms with Gasteiger partial charge in [0, 0.05) is 12.5 Å². The molecule has 2 aromatic carbocycles. The number of ether oxygens (including phenoxy) is 1. The third kappa shape index (κ3) is 2.81. The van der Waals surface area contributed by atoms with E-state index in [-0.39, 0.29) is 18.0 Å². The fraction of sp³-hybridized carbons (Fsp3) is 0.316. The highest BCUT2D eigenvalue weighted by Gasteiger charge is 2.75. The van der Waals surface area contributed by atoms with Crippen LogP contribution in [0.1, 0.15) is 18.4 Å². The van der Waals surface area contributed by atoms with Crippen molar-refractivity contribution in [1.29, 1.82) is 0 Å². The van der Waals surface area contributed by atoms with Gasteiger partial charge in [0.15, 0.2) is 9.84 Å². The van der Waals surface area contributed by atoms with Gasteiger partial charge in [-0.3, -0.25) is 4.79 Å². The van der Waals surface area contributed by atoms with E-state index in [9.17, 15) is 17.6 Å². The molecule has 0 bridgehead atoms. The summed E-state index contributed by atoms with van der Waals surface area (Å²) < 4.78 is 45.2. The van der Waals surface area contributed by atoms with Crippen molar-refractivity contribution in [2.75, 3.05) is 13.2 Å². The number of hydrogen-bond donors (Lipinski definition) is 1. The Bertz CT molecular complexity index is 916. The lowest BCUT2D eigenvalue weighted by Gasteiger charge is -2.14. The van der Waals surface area contributed by atoms with Crippen molar-refractivity contribution in [3.63, 3.8) is 0 Å². The molecule has 26 heavy (non-hydrogen) atoms. The van der Waals surface area contributed by atoms with Gasteiger partial charge in [0.1, 0.15) is 11.2 Å². The summed E-state index contributed by atoms with van der Waals surface area (Å²) in [6.45, 7) is 1.54. The number of nitrogens with two attached hydrogens (primary N) is 1. The Morgan fingerprint density at radius 1 is 1.19 bits per heavy atom. The molecule has 1 aliphatic carbocycles. The summed E-state index contributed by atoms with van der Waals surface area (Å²) in [6, 6.07) is 13.5. The van der Waals surface area contributed by atoms with Crippen molar-refractivity contribution in [2.24, 2.45) is 11.1 Å². The Morgan fingerprint density at radius 3 is 2.46 bits per heavy atom. The first kappa shape index (κ1) is 18.5. The molecule has 2 N–H and O–H groups in total. The first-order valence-corrected chi connectivity index (χ1v) is 9.86. The van der Waals surface area contributed by atoms with E-state index in [0.29, 0.717) is 5.56 Å². The molecular weight excluding hydrogens is 357 g/mol. The van der Waals surface area contributed by atoms with Crippen LogP contribution in [-0.4, -0.2) is 32.8 Å². The average molecular weight is 377 g/mol. The first-order valence-electron chi connectivity index (χ1n) is 8.31. The zero-order valence-electron chi connectivity index (χ0n) is 14.3. The van der Waals surface area contributed by atoms with Crippen molar-refractivity contribution in [3.05, 3.63) is 66.0 Å². The largest absolute Gasteiger partial charge is 0.465 e. The Balaban J connectivity index is 2.13. The minimum Gasteiger partial charge on any atom is -0.465 e. The Labute approximate surface area is 151 Å². The summed E-state index contributed by atoms with van der Waals surface area (Å²) in [7, 11) is -3.86. The Morgan fingerprint density at radius 2 is 1.88 bits per heavy atom. The second kappa shape index (κ2) is 6.81. The fourth-order valence-electron chi connectivity index (χ4n) is 3.62. The molecule has 7 heteroatoms. The van der Waals surface area contributed by atoms with Crippen molar-refractivity contribution in [1.82, 2.24) is 0 Å². The van der Waals surface area contributed by atoms with Crippen molar-refractivity contribution in [2.45, 2.75) is 23.0 Å². The number of carbonyl (C=O) groups is 1. The summed E-state index contributed by atoms with van der Waals surface area (Å²) >= 11 is 0. The molecule has 0 aromatic heterocycles. The van der Waals surface area contributed by atoms with E-state index in [2.05, 4.69) is 0 Å². The molecular formula is C19H20FNO4S. The van der Waals surface area contributed by atoms with Crippen molar-refractivity contribution in [3.8, 4) is 0 Å². The van der Waals surface area contributed by atoms with Crippen LogP contribution in [0.3, 0.4) is 0 Å². The number of sulfone groups is 1. The molecule has 0 spiro atoms. The molecule has 0 saturated heterocycles. The summed E-state index contributed by atoms with van der Waals surface area (Å²) in [5.74, 6) is -1.92. The van der Waals surface area contributed by atoms with Crippen molar-refractivity contribution < 1.29 is 22.3 Å². The summed E-state index contributed by atoms with van der Waals surface area (Å²) in [5.41, 5.74) is 4.88. The lowest BCUT2D eigenvalue weighted by Crippen LogP contribution is -2.33. The molecule has 0 aliphatic heterocycles. The van der Waals surface area contributed by atoms with Gasteiger partial charge >= 0.3 is 5.97 Å². The monoisotopic (exact) mass is 377 g/mol. The number of halogens is 1. The van der Waals surface area contributed by atoms with E-state index in [1.807, 2.05) is 0 Å². The third-order valence-electron chi connectivity index (χ3n) is 4.86. The molecule has 2 aromatic rings. The van der Waals surface area contributed by atoms with Gasteiger partial charge in [0.2, 0.25) is 0 Å².